The number of hydrogen-bond acceptors (Lipinski definition) is 4. The van der Waals surface area contributed by atoms with Crippen LogP contribution in [0.25, 0.3) is 10.7 Å². The molecule has 0 aliphatic heterocycles. The van der Waals surface area contributed by atoms with E-state index in [-0.39, 0.29) is 0 Å². The van der Waals surface area contributed by atoms with Crippen molar-refractivity contribution in [3.63, 3.8) is 0 Å². The molecule has 6 heteroatoms. The zero-order chi connectivity index (χ0) is 8.39. The molecule has 2 rings (SSSR count). The highest BCUT2D eigenvalue weighted by atomic mass is 35.5. The van der Waals surface area contributed by atoms with Gasteiger partial charge >= 0.3 is 0 Å². The lowest BCUT2D eigenvalue weighted by Crippen LogP contribution is -1.78. The van der Waals surface area contributed by atoms with Crippen LogP contribution in [-0.2, 0) is 5.88 Å². The third kappa shape index (κ3) is 1.33. The lowest BCUT2D eigenvalue weighted by atomic mass is 10.5. The second-order valence-corrected chi connectivity index (χ2v) is 3.26. The van der Waals surface area contributed by atoms with E-state index < -0.39 is 0 Å². The molecular weight excluding hydrogens is 196 g/mol. The molecule has 0 amide bonds. The second kappa shape index (κ2) is 3.20. The van der Waals surface area contributed by atoms with Gasteiger partial charge in [0.2, 0.25) is 0 Å². The zero-order valence-electron chi connectivity index (χ0n) is 5.99. The van der Waals surface area contributed by atoms with Gasteiger partial charge in [-0.15, -0.1) is 22.9 Å². The standard InChI is InChI=1S/C6H5ClN4S/c7-1-5-9-6(11-10-5)4-2-8-3-12-4/h2-3H,1H2,(H,9,10,11). The predicted molar refractivity (Wildman–Crippen MR) is 47.0 cm³/mol. The van der Waals surface area contributed by atoms with Crippen LogP contribution in [0.15, 0.2) is 11.7 Å². The molecule has 12 heavy (non-hydrogen) atoms. The van der Waals surface area contributed by atoms with Crippen LogP contribution in [0, 0.1) is 0 Å². The molecule has 0 aliphatic rings. The van der Waals surface area contributed by atoms with Gasteiger partial charge in [0.1, 0.15) is 5.82 Å². The van der Waals surface area contributed by atoms with Gasteiger partial charge < -0.3 is 0 Å². The molecule has 4 nitrogen and oxygen atoms in total. The van der Waals surface area contributed by atoms with Crippen LogP contribution in [-0.4, -0.2) is 20.2 Å². The summed E-state index contributed by atoms with van der Waals surface area (Å²) in [7, 11) is 0. The number of H-pyrrole nitrogens is 1. The molecule has 2 aromatic heterocycles. The molecule has 0 saturated heterocycles. The third-order valence-corrected chi connectivity index (χ3v) is 2.33. The molecule has 62 valence electrons. The summed E-state index contributed by atoms with van der Waals surface area (Å²) in [6, 6.07) is 0. The number of aromatic nitrogens is 4. The van der Waals surface area contributed by atoms with E-state index in [1.165, 1.54) is 11.3 Å². The van der Waals surface area contributed by atoms with Gasteiger partial charge in [0.05, 0.1) is 16.3 Å². The van der Waals surface area contributed by atoms with Crippen LogP contribution in [0.2, 0.25) is 0 Å². The molecule has 2 aromatic rings. The summed E-state index contributed by atoms with van der Waals surface area (Å²) in [5.41, 5.74) is 1.74. The number of hydrogen-bond donors (Lipinski definition) is 1. The highest BCUT2D eigenvalue weighted by Crippen LogP contribution is 2.18. The highest BCUT2D eigenvalue weighted by molar-refractivity contribution is 7.13. The van der Waals surface area contributed by atoms with Crippen molar-refractivity contribution in [1.29, 1.82) is 0 Å². The lowest BCUT2D eigenvalue weighted by Gasteiger charge is -1.82. The molecule has 0 spiro atoms. The Morgan fingerprint density at radius 1 is 1.58 bits per heavy atom. The van der Waals surface area contributed by atoms with Crippen molar-refractivity contribution in [3.05, 3.63) is 17.5 Å². The smallest absolute Gasteiger partial charge is 0.192 e. The van der Waals surface area contributed by atoms with Gasteiger partial charge in [-0.3, -0.25) is 10.1 Å². The van der Waals surface area contributed by atoms with Crippen LogP contribution < -0.4 is 0 Å². The van der Waals surface area contributed by atoms with E-state index in [1.807, 2.05) is 0 Å². The summed E-state index contributed by atoms with van der Waals surface area (Å²) in [4.78, 5) is 9.02. The van der Waals surface area contributed by atoms with Crippen LogP contribution in [0.1, 0.15) is 5.82 Å². The van der Waals surface area contributed by atoms with Gasteiger partial charge in [-0.1, -0.05) is 0 Å². The summed E-state index contributed by atoms with van der Waals surface area (Å²) in [5, 5.41) is 6.71. The first-order valence-corrected chi connectivity index (χ1v) is 4.67. The number of aromatic amines is 1. The molecule has 1 N–H and O–H groups in total. The second-order valence-electron chi connectivity index (χ2n) is 2.11. The first-order chi connectivity index (χ1) is 5.90. The molecule has 0 atom stereocenters. The van der Waals surface area contributed by atoms with Crippen molar-refractivity contribution in [1.82, 2.24) is 20.2 Å². The number of nitrogens with zero attached hydrogens (tertiary/aromatic N) is 3. The summed E-state index contributed by atoms with van der Waals surface area (Å²) < 4.78 is 0. The summed E-state index contributed by atoms with van der Waals surface area (Å²) >= 11 is 7.06. The Morgan fingerprint density at radius 2 is 2.50 bits per heavy atom. The maximum absolute atomic E-state index is 5.56. The van der Waals surface area contributed by atoms with E-state index in [1.54, 1.807) is 11.7 Å². The van der Waals surface area contributed by atoms with E-state index in [0.29, 0.717) is 17.5 Å². The Bertz CT molecular complexity index is 355. The largest absolute Gasteiger partial charge is 0.262 e. The lowest BCUT2D eigenvalue weighted by molar-refractivity contribution is 1.02. The van der Waals surface area contributed by atoms with Crippen LogP contribution in [0.4, 0.5) is 0 Å². The van der Waals surface area contributed by atoms with E-state index >= 15 is 0 Å². The first-order valence-electron chi connectivity index (χ1n) is 3.26. The van der Waals surface area contributed by atoms with Gasteiger partial charge in [-0.05, 0) is 0 Å². The van der Waals surface area contributed by atoms with E-state index in [9.17, 15) is 0 Å². The van der Waals surface area contributed by atoms with E-state index in [0.717, 1.165) is 4.88 Å². The quantitative estimate of drug-likeness (QED) is 0.751. The minimum absolute atomic E-state index is 0.353. The van der Waals surface area contributed by atoms with Crippen molar-refractivity contribution in [3.8, 4) is 10.7 Å². The Hall–Kier alpha value is -0.940. The fourth-order valence-electron chi connectivity index (χ4n) is 0.791. The van der Waals surface area contributed by atoms with Crippen LogP contribution >= 0.6 is 22.9 Å². The molecule has 0 saturated carbocycles. The van der Waals surface area contributed by atoms with E-state index in [2.05, 4.69) is 20.2 Å². The summed E-state index contributed by atoms with van der Waals surface area (Å²) in [6.07, 6.45) is 1.73. The number of nitrogens with one attached hydrogen (secondary N) is 1. The summed E-state index contributed by atoms with van der Waals surface area (Å²) in [6.45, 7) is 0. The Labute approximate surface area is 77.6 Å². The van der Waals surface area contributed by atoms with Crippen molar-refractivity contribution < 1.29 is 0 Å². The monoisotopic (exact) mass is 200 g/mol. The van der Waals surface area contributed by atoms with Crippen LogP contribution in [0.5, 0.6) is 0 Å². The number of halogens is 1. The molecule has 2 heterocycles. The number of rotatable bonds is 2. The first kappa shape index (κ1) is 7.70. The van der Waals surface area contributed by atoms with Crippen LogP contribution in [0.3, 0.4) is 0 Å². The van der Waals surface area contributed by atoms with Gasteiger partial charge in [0, 0.05) is 6.20 Å². The highest BCUT2D eigenvalue weighted by Gasteiger charge is 2.05. The molecule has 0 radical (unpaired) electrons. The maximum atomic E-state index is 5.56. The van der Waals surface area contributed by atoms with Crippen molar-refractivity contribution in [2.24, 2.45) is 0 Å². The number of thiazole rings is 1. The minimum Gasteiger partial charge on any atom is -0.262 e. The molecule has 0 bridgehead atoms. The molecule has 0 unspecified atom stereocenters. The normalized spacial score (nSPS) is 10.4. The topological polar surface area (TPSA) is 54.5 Å². The number of alkyl halides is 1. The van der Waals surface area contributed by atoms with Crippen molar-refractivity contribution in [2.75, 3.05) is 0 Å². The van der Waals surface area contributed by atoms with Gasteiger partial charge in [-0.25, -0.2) is 4.98 Å². The Kier molecular flexibility index (Phi) is 2.05. The van der Waals surface area contributed by atoms with Gasteiger partial charge in [-0.2, -0.15) is 5.10 Å². The van der Waals surface area contributed by atoms with Crippen molar-refractivity contribution >= 4 is 22.9 Å². The molecule has 0 aliphatic carbocycles. The third-order valence-electron chi connectivity index (χ3n) is 1.31. The SMILES string of the molecule is ClCc1nc(-c2cncs2)n[nH]1. The molecular formula is C6H5ClN4S. The average Bonchev–Trinajstić information content (AvgIpc) is 2.75. The fourth-order valence-corrected chi connectivity index (χ4v) is 1.46. The Balaban J connectivity index is 2.35. The Morgan fingerprint density at radius 3 is 3.08 bits per heavy atom. The minimum atomic E-state index is 0.353. The average molecular weight is 201 g/mol. The maximum Gasteiger partial charge on any atom is 0.192 e. The summed E-state index contributed by atoms with van der Waals surface area (Å²) in [5.74, 6) is 1.69. The van der Waals surface area contributed by atoms with Gasteiger partial charge in [0.25, 0.3) is 0 Å². The molecule has 0 aromatic carbocycles. The van der Waals surface area contributed by atoms with Gasteiger partial charge in [0.15, 0.2) is 5.82 Å². The molecule has 0 fully saturated rings. The predicted octanol–water partition coefficient (Wildman–Crippen LogP) is 1.67. The zero-order valence-corrected chi connectivity index (χ0v) is 7.56. The fraction of sp³-hybridized carbons (Fsp3) is 0.167. The van der Waals surface area contributed by atoms with E-state index in [4.69, 9.17) is 11.6 Å². The van der Waals surface area contributed by atoms with Crippen molar-refractivity contribution in [2.45, 2.75) is 5.88 Å².